The van der Waals surface area contributed by atoms with E-state index in [1.165, 1.54) is 0 Å². The van der Waals surface area contributed by atoms with Gasteiger partial charge >= 0.3 is 0 Å². The first-order valence-electron chi connectivity index (χ1n) is 6.38. The third-order valence-electron chi connectivity index (χ3n) is 3.11. The molecule has 1 aliphatic rings. The van der Waals surface area contributed by atoms with Gasteiger partial charge in [-0.1, -0.05) is 12.2 Å². The summed E-state index contributed by atoms with van der Waals surface area (Å²) in [5, 5.41) is 2.65. The first kappa shape index (κ1) is 15.7. The molecule has 114 valence electrons. The SMILES string of the molecule is NC(=S)c1ccc(OCC(=O)NC2CCS(=O)(=O)C2)cc1. The Morgan fingerprint density at radius 1 is 1.38 bits per heavy atom. The second kappa shape index (κ2) is 6.40. The van der Waals surface area contributed by atoms with Crippen LogP contribution in [0.2, 0.25) is 0 Å². The Labute approximate surface area is 128 Å². The van der Waals surface area contributed by atoms with Gasteiger partial charge in [0.1, 0.15) is 10.7 Å². The Hall–Kier alpha value is -1.67. The molecule has 0 spiro atoms. The molecular formula is C13H16N2O4S2. The lowest BCUT2D eigenvalue weighted by atomic mass is 10.2. The molecule has 1 amide bonds. The van der Waals surface area contributed by atoms with Crippen LogP contribution in [0.1, 0.15) is 12.0 Å². The van der Waals surface area contributed by atoms with Crippen LogP contribution in [0.5, 0.6) is 5.75 Å². The summed E-state index contributed by atoms with van der Waals surface area (Å²) in [7, 11) is -3.00. The zero-order valence-electron chi connectivity index (χ0n) is 11.2. The van der Waals surface area contributed by atoms with E-state index in [-0.39, 0.29) is 30.1 Å². The van der Waals surface area contributed by atoms with Gasteiger partial charge in [-0.2, -0.15) is 0 Å². The number of ether oxygens (including phenoxy) is 1. The summed E-state index contributed by atoms with van der Waals surface area (Å²) in [6.45, 7) is -0.164. The molecule has 0 aromatic heterocycles. The highest BCUT2D eigenvalue weighted by atomic mass is 32.2. The Balaban J connectivity index is 1.80. The van der Waals surface area contributed by atoms with E-state index >= 15 is 0 Å². The van der Waals surface area contributed by atoms with Crippen molar-refractivity contribution in [3.63, 3.8) is 0 Å². The minimum atomic E-state index is -3.00. The number of hydrogen-bond acceptors (Lipinski definition) is 5. The third-order valence-corrected chi connectivity index (χ3v) is 5.11. The summed E-state index contributed by atoms with van der Waals surface area (Å²) < 4.78 is 27.9. The highest BCUT2D eigenvalue weighted by Gasteiger charge is 2.28. The first-order valence-corrected chi connectivity index (χ1v) is 8.61. The van der Waals surface area contributed by atoms with Gasteiger partial charge in [-0.05, 0) is 30.7 Å². The van der Waals surface area contributed by atoms with Crippen LogP contribution in [0.4, 0.5) is 0 Å². The highest BCUT2D eigenvalue weighted by molar-refractivity contribution is 7.91. The van der Waals surface area contributed by atoms with Crippen LogP contribution in [-0.4, -0.2) is 43.5 Å². The molecule has 2 rings (SSSR count). The molecule has 1 atom stereocenters. The fourth-order valence-corrected chi connectivity index (χ4v) is 3.85. The van der Waals surface area contributed by atoms with Crippen LogP contribution >= 0.6 is 12.2 Å². The van der Waals surface area contributed by atoms with E-state index in [4.69, 9.17) is 22.7 Å². The van der Waals surface area contributed by atoms with Crippen molar-refractivity contribution in [2.24, 2.45) is 5.73 Å². The van der Waals surface area contributed by atoms with Crippen molar-refractivity contribution in [2.45, 2.75) is 12.5 Å². The molecule has 1 fully saturated rings. The summed E-state index contributed by atoms with van der Waals surface area (Å²) in [5.74, 6) is 0.306. The van der Waals surface area contributed by atoms with E-state index in [0.717, 1.165) is 5.56 Å². The lowest BCUT2D eigenvalue weighted by Gasteiger charge is -2.11. The van der Waals surface area contributed by atoms with Crippen LogP contribution < -0.4 is 15.8 Å². The van der Waals surface area contributed by atoms with Gasteiger partial charge in [-0.25, -0.2) is 8.42 Å². The number of carbonyl (C=O) groups is 1. The molecule has 1 unspecified atom stereocenters. The molecule has 1 aromatic rings. The summed E-state index contributed by atoms with van der Waals surface area (Å²) in [6.07, 6.45) is 0.455. The molecule has 1 aromatic carbocycles. The maximum Gasteiger partial charge on any atom is 0.258 e. The molecule has 0 aliphatic carbocycles. The topological polar surface area (TPSA) is 98.5 Å². The number of sulfone groups is 1. The lowest BCUT2D eigenvalue weighted by Crippen LogP contribution is -2.38. The third kappa shape index (κ3) is 4.68. The standard InChI is InChI=1S/C13H16N2O4S2/c14-13(20)9-1-3-11(4-2-9)19-7-12(16)15-10-5-6-21(17,18)8-10/h1-4,10H,5-8H2,(H2,14,20)(H,15,16). The Bertz CT molecular complexity index is 641. The largest absolute Gasteiger partial charge is 0.484 e. The minimum absolute atomic E-state index is 0.00137. The quantitative estimate of drug-likeness (QED) is 0.739. The molecule has 0 saturated carbocycles. The number of amides is 1. The van der Waals surface area contributed by atoms with Gasteiger partial charge in [-0.3, -0.25) is 4.79 Å². The van der Waals surface area contributed by atoms with Crippen molar-refractivity contribution in [1.82, 2.24) is 5.32 Å². The maximum absolute atomic E-state index is 11.7. The maximum atomic E-state index is 11.7. The molecule has 0 radical (unpaired) electrons. The van der Waals surface area contributed by atoms with E-state index in [1.807, 2.05) is 0 Å². The van der Waals surface area contributed by atoms with E-state index in [1.54, 1.807) is 24.3 Å². The van der Waals surface area contributed by atoms with Crippen molar-refractivity contribution in [3.05, 3.63) is 29.8 Å². The molecule has 1 saturated heterocycles. The highest BCUT2D eigenvalue weighted by Crippen LogP contribution is 2.13. The molecule has 8 heteroatoms. The normalized spacial score (nSPS) is 19.9. The average Bonchev–Trinajstić information content (AvgIpc) is 2.76. The van der Waals surface area contributed by atoms with Gasteiger partial charge < -0.3 is 15.8 Å². The summed E-state index contributed by atoms with van der Waals surface area (Å²) in [6, 6.07) is 6.44. The Morgan fingerprint density at radius 3 is 2.57 bits per heavy atom. The van der Waals surface area contributed by atoms with Crippen LogP contribution in [0.3, 0.4) is 0 Å². The van der Waals surface area contributed by atoms with E-state index in [0.29, 0.717) is 17.2 Å². The molecule has 0 bridgehead atoms. The van der Waals surface area contributed by atoms with Crippen LogP contribution in [0.15, 0.2) is 24.3 Å². The number of rotatable bonds is 5. The minimum Gasteiger partial charge on any atom is -0.484 e. The fourth-order valence-electron chi connectivity index (χ4n) is 2.04. The fraction of sp³-hybridized carbons (Fsp3) is 0.385. The van der Waals surface area contributed by atoms with E-state index < -0.39 is 9.84 Å². The molecule has 3 N–H and O–H groups in total. The molecule has 1 aliphatic heterocycles. The average molecular weight is 328 g/mol. The molecule has 1 heterocycles. The Morgan fingerprint density at radius 2 is 2.05 bits per heavy atom. The summed E-state index contributed by atoms with van der Waals surface area (Å²) in [5.41, 5.74) is 6.20. The predicted octanol–water partition coefficient (Wildman–Crippen LogP) is 0.00290. The van der Waals surface area contributed by atoms with Crippen molar-refractivity contribution in [3.8, 4) is 5.75 Å². The smallest absolute Gasteiger partial charge is 0.258 e. The van der Waals surface area contributed by atoms with Crippen LogP contribution in [0, 0.1) is 0 Å². The number of benzene rings is 1. The molecule has 6 nitrogen and oxygen atoms in total. The second-order valence-corrected chi connectivity index (χ2v) is 7.51. The van der Waals surface area contributed by atoms with Gasteiger partial charge in [0, 0.05) is 11.6 Å². The van der Waals surface area contributed by atoms with E-state index in [2.05, 4.69) is 5.32 Å². The Kier molecular flexibility index (Phi) is 4.79. The number of thiocarbonyl (C=S) groups is 1. The second-order valence-electron chi connectivity index (χ2n) is 4.84. The number of hydrogen-bond donors (Lipinski definition) is 2. The van der Waals surface area contributed by atoms with Gasteiger partial charge in [0.05, 0.1) is 11.5 Å². The van der Waals surface area contributed by atoms with Crippen LogP contribution in [-0.2, 0) is 14.6 Å². The van der Waals surface area contributed by atoms with E-state index in [9.17, 15) is 13.2 Å². The van der Waals surface area contributed by atoms with Crippen molar-refractivity contribution >= 4 is 33.0 Å². The zero-order chi connectivity index (χ0) is 15.5. The molecule has 21 heavy (non-hydrogen) atoms. The van der Waals surface area contributed by atoms with Gasteiger partial charge in [0.25, 0.3) is 5.91 Å². The van der Waals surface area contributed by atoms with Crippen molar-refractivity contribution < 1.29 is 17.9 Å². The van der Waals surface area contributed by atoms with Crippen molar-refractivity contribution in [2.75, 3.05) is 18.1 Å². The predicted molar refractivity (Wildman–Crippen MR) is 83.0 cm³/mol. The zero-order valence-corrected chi connectivity index (χ0v) is 12.9. The van der Waals surface area contributed by atoms with Gasteiger partial charge in [-0.15, -0.1) is 0 Å². The lowest BCUT2D eigenvalue weighted by molar-refractivity contribution is -0.123. The number of carbonyl (C=O) groups excluding carboxylic acids is 1. The monoisotopic (exact) mass is 328 g/mol. The van der Waals surface area contributed by atoms with Gasteiger partial charge in [0.15, 0.2) is 16.4 Å². The summed E-state index contributed by atoms with van der Waals surface area (Å²) in [4.78, 5) is 12.0. The molecular weight excluding hydrogens is 312 g/mol. The number of nitrogens with one attached hydrogen (secondary N) is 1. The number of nitrogens with two attached hydrogens (primary N) is 1. The van der Waals surface area contributed by atoms with Gasteiger partial charge in [0.2, 0.25) is 0 Å². The first-order chi connectivity index (χ1) is 9.85. The van der Waals surface area contributed by atoms with Crippen LogP contribution in [0.25, 0.3) is 0 Å². The summed E-state index contributed by atoms with van der Waals surface area (Å²) >= 11 is 4.83. The van der Waals surface area contributed by atoms with Crippen molar-refractivity contribution in [1.29, 1.82) is 0 Å².